The number of hydrogen-bond donors (Lipinski definition) is 1. The van der Waals surface area contributed by atoms with Gasteiger partial charge >= 0.3 is 0 Å². The summed E-state index contributed by atoms with van der Waals surface area (Å²) >= 11 is 0. The van der Waals surface area contributed by atoms with Crippen LogP contribution < -0.4 is 10.1 Å². The Morgan fingerprint density at radius 3 is 2.58 bits per heavy atom. The molecule has 0 bridgehead atoms. The Morgan fingerprint density at radius 1 is 0.970 bits per heavy atom. The van der Waals surface area contributed by atoms with E-state index in [0.717, 1.165) is 65.1 Å². The number of benzene rings is 3. The smallest absolute Gasteiger partial charge is 0.251 e. The van der Waals surface area contributed by atoms with E-state index in [1.165, 1.54) is 0 Å². The number of aryl methyl sites for hydroxylation is 4. The Kier molecular flexibility index (Phi) is 7.40. The molecule has 3 aromatic carbocycles. The minimum Gasteiger partial charge on any atom is -0.494 e. The van der Waals surface area contributed by atoms with Gasteiger partial charge in [0, 0.05) is 25.1 Å². The first-order valence-corrected chi connectivity index (χ1v) is 11.6. The van der Waals surface area contributed by atoms with Crippen LogP contribution >= 0.6 is 0 Å². The van der Waals surface area contributed by atoms with Gasteiger partial charge in [-0.05, 0) is 62.6 Å². The highest BCUT2D eigenvalue weighted by Crippen LogP contribution is 2.18. The minimum absolute atomic E-state index is 0.0148. The molecule has 0 saturated carbocycles. The van der Waals surface area contributed by atoms with Crippen LogP contribution in [0.2, 0.25) is 0 Å². The van der Waals surface area contributed by atoms with Gasteiger partial charge in [-0.25, -0.2) is 4.98 Å². The van der Waals surface area contributed by atoms with Crippen molar-refractivity contribution in [2.45, 2.75) is 39.7 Å². The van der Waals surface area contributed by atoms with Crippen molar-refractivity contribution in [3.8, 4) is 5.75 Å². The normalized spacial score (nSPS) is 11.0. The fourth-order valence-corrected chi connectivity index (χ4v) is 4.11. The first kappa shape index (κ1) is 22.6. The molecule has 0 aliphatic carbocycles. The lowest BCUT2D eigenvalue weighted by Crippen LogP contribution is -2.25. The SMILES string of the molecule is Cc1ccc(C(=O)NCCCc2nc3ccccc3n2CCCOc2ccccc2)c(C)c1. The fraction of sp³-hybridized carbons (Fsp3) is 0.286. The second kappa shape index (κ2) is 10.8. The van der Waals surface area contributed by atoms with Crippen molar-refractivity contribution in [1.82, 2.24) is 14.9 Å². The van der Waals surface area contributed by atoms with Crippen LogP contribution in [0.3, 0.4) is 0 Å². The highest BCUT2D eigenvalue weighted by molar-refractivity contribution is 5.95. The Hall–Kier alpha value is -3.60. The number of rotatable bonds is 10. The highest BCUT2D eigenvalue weighted by atomic mass is 16.5. The minimum atomic E-state index is -0.0148. The van der Waals surface area contributed by atoms with Gasteiger partial charge in [0.2, 0.25) is 0 Å². The molecule has 5 heteroatoms. The zero-order valence-electron chi connectivity index (χ0n) is 19.4. The Balaban J connectivity index is 1.33. The Bertz CT molecular complexity index is 1210. The summed E-state index contributed by atoms with van der Waals surface area (Å²) in [7, 11) is 0. The number of para-hydroxylation sites is 3. The quantitative estimate of drug-likeness (QED) is 0.331. The molecule has 0 aliphatic rings. The number of amides is 1. The van der Waals surface area contributed by atoms with Crippen molar-refractivity contribution in [3.63, 3.8) is 0 Å². The molecule has 0 saturated heterocycles. The second-order valence-electron chi connectivity index (χ2n) is 8.36. The third-order valence-corrected chi connectivity index (χ3v) is 5.76. The summed E-state index contributed by atoms with van der Waals surface area (Å²) in [5, 5.41) is 3.06. The summed E-state index contributed by atoms with van der Waals surface area (Å²) in [6, 6.07) is 24.1. The number of hydrogen-bond acceptors (Lipinski definition) is 3. The van der Waals surface area contributed by atoms with E-state index in [-0.39, 0.29) is 5.91 Å². The third kappa shape index (κ3) is 5.80. The number of imidazole rings is 1. The molecular formula is C28H31N3O2. The van der Waals surface area contributed by atoms with E-state index < -0.39 is 0 Å². The largest absolute Gasteiger partial charge is 0.494 e. The lowest BCUT2D eigenvalue weighted by Gasteiger charge is -2.11. The average Bonchev–Trinajstić information content (AvgIpc) is 3.17. The van der Waals surface area contributed by atoms with Crippen LogP contribution in [-0.4, -0.2) is 28.6 Å². The number of aromatic nitrogens is 2. The van der Waals surface area contributed by atoms with Crippen molar-refractivity contribution in [1.29, 1.82) is 0 Å². The zero-order valence-corrected chi connectivity index (χ0v) is 19.4. The van der Waals surface area contributed by atoms with E-state index in [0.29, 0.717) is 13.2 Å². The first-order chi connectivity index (χ1) is 16.1. The van der Waals surface area contributed by atoms with Crippen molar-refractivity contribution >= 4 is 16.9 Å². The van der Waals surface area contributed by atoms with Crippen LogP contribution in [0.5, 0.6) is 5.75 Å². The van der Waals surface area contributed by atoms with E-state index in [1.807, 2.05) is 68.4 Å². The predicted octanol–water partition coefficient (Wildman–Crippen LogP) is 5.48. The predicted molar refractivity (Wildman–Crippen MR) is 133 cm³/mol. The molecule has 1 aromatic heterocycles. The summed E-state index contributed by atoms with van der Waals surface area (Å²) in [6.07, 6.45) is 2.54. The van der Waals surface area contributed by atoms with Gasteiger partial charge in [0.25, 0.3) is 5.91 Å². The van der Waals surface area contributed by atoms with E-state index in [2.05, 4.69) is 28.1 Å². The number of carbonyl (C=O) groups is 1. The molecule has 0 spiro atoms. The van der Waals surface area contributed by atoms with Gasteiger partial charge in [-0.2, -0.15) is 0 Å². The summed E-state index contributed by atoms with van der Waals surface area (Å²) < 4.78 is 8.15. The van der Waals surface area contributed by atoms with E-state index in [1.54, 1.807) is 0 Å². The summed E-state index contributed by atoms with van der Waals surface area (Å²) in [5.41, 5.74) is 5.07. The van der Waals surface area contributed by atoms with Crippen molar-refractivity contribution in [2.75, 3.05) is 13.2 Å². The summed E-state index contributed by atoms with van der Waals surface area (Å²) in [5.74, 6) is 1.93. The number of carbonyl (C=O) groups excluding carboxylic acids is 1. The number of nitrogens with zero attached hydrogens (tertiary/aromatic N) is 2. The molecular weight excluding hydrogens is 410 g/mol. The van der Waals surface area contributed by atoms with Gasteiger partial charge in [-0.3, -0.25) is 4.79 Å². The van der Waals surface area contributed by atoms with Crippen molar-refractivity contribution in [3.05, 3.63) is 95.3 Å². The van der Waals surface area contributed by atoms with Crippen molar-refractivity contribution in [2.24, 2.45) is 0 Å². The summed E-state index contributed by atoms with van der Waals surface area (Å²) in [6.45, 7) is 6.13. The van der Waals surface area contributed by atoms with Crippen molar-refractivity contribution < 1.29 is 9.53 Å². The van der Waals surface area contributed by atoms with Crippen LogP contribution in [0.25, 0.3) is 11.0 Å². The lowest BCUT2D eigenvalue weighted by atomic mass is 10.1. The molecule has 1 N–H and O–H groups in total. The molecule has 1 heterocycles. The third-order valence-electron chi connectivity index (χ3n) is 5.76. The lowest BCUT2D eigenvalue weighted by molar-refractivity contribution is 0.0952. The highest BCUT2D eigenvalue weighted by Gasteiger charge is 2.12. The number of nitrogens with one attached hydrogen (secondary N) is 1. The van der Waals surface area contributed by atoms with Gasteiger partial charge in [-0.1, -0.05) is 48.0 Å². The Morgan fingerprint density at radius 2 is 1.76 bits per heavy atom. The maximum Gasteiger partial charge on any atom is 0.251 e. The maximum absolute atomic E-state index is 12.5. The number of ether oxygens (including phenoxy) is 1. The standard InChI is InChI=1S/C28H31N3O2/c1-21-15-16-24(22(2)20-21)28(32)29-17-8-14-27-30-25-12-6-7-13-26(25)31(27)18-9-19-33-23-10-4-3-5-11-23/h3-7,10-13,15-16,20H,8-9,14,17-19H2,1-2H3,(H,29,32). The Labute approximate surface area is 195 Å². The van der Waals surface area contributed by atoms with E-state index in [4.69, 9.17) is 9.72 Å². The molecule has 0 unspecified atom stereocenters. The van der Waals surface area contributed by atoms with Gasteiger partial charge in [0.05, 0.1) is 17.6 Å². The van der Waals surface area contributed by atoms with Crippen LogP contribution in [0, 0.1) is 13.8 Å². The molecule has 33 heavy (non-hydrogen) atoms. The van der Waals surface area contributed by atoms with Crippen LogP contribution in [0.15, 0.2) is 72.8 Å². The molecule has 0 fully saturated rings. The maximum atomic E-state index is 12.5. The number of fused-ring (bicyclic) bond motifs is 1. The molecule has 1 amide bonds. The molecule has 5 nitrogen and oxygen atoms in total. The van der Waals surface area contributed by atoms with Crippen LogP contribution in [0.1, 0.15) is 40.2 Å². The van der Waals surface area contributed by atoms with Gasteiger partial charge in [-0.15, -0.1) is 0 Å². The van der Waals surface area contributed by atoms with E-state index in [9.17, 15) is 4.79 Å². The molecule has 0 atom stereocenters. The van der Waals surface area contributed by atoms with Crippen LogP contribution in [-0.2, 0) is 13.0 Å². The second-order valence-corrected chi connectivity index (χ2v) is 8.36. The fourth-order valence-electron chi connectivity index (χ4n) is 4.11. The zero-order chi connectivity index (χ0) is 23.0. The molecule has 4 rings (SSSR count). The summed E-state index contributed by atoms with van der Waals surface area (Å²) in [4.78, 5) is 17.4. The average molecular weight is 442 g/mol. The first-order valence-electron chi connectivity index (χ1n) is 11.6. The molecule has 0 radical (unpaired) electrons. The van der Waals surface area contributed by atoms with Crippen LogP contribution in [0.4, 0.5) is 0 Å². The van der Waals surface area contributed by atoms with Gasteiger partial charge < -0.3 is 14.6 Å². The van der Waals surface area contributed by atoms with Gasteiger partial charge in [0.1, 0.15) is 11.6 Å². The molecule has 0 aliphatic heterocycles. The molecule has 170 valence electrons. The topological polar surface area (TPSA) is 56.2 Å². The van der Waals surface area contributed by atoms with E-state index >= 15 is 0 Å². The molecule has 4 aromatic rings. The van der Waals surface area contributed by atoms with Gasteiger partial charge in [0.15, 0.2) is 0 Å². The monoisotopic (exact) mass is 441 g/mol.